The molecule has 0 aromatic heterocycles. The molecule has 0 atom stereocenters. The van der Waals surface area contributed by atoms with Crippen LogP contribution in [0.4, 0.5) is 0 Å². The largest absolute Gasteiger partial charge is 1.00 e. The Kier molecular flexibility index (Phi) is 3.02. The average molecular weight is 247 g/mol. The summed E-state index contributed by atoms with van der Waals surface area (Å²) >= 11 is 0. The van der Waals surface area contributed by atoms with Crippen molar-refractivity contribution in [1.82, 2.24) is 0 Å². The van der Waals surface area contributed by atoms with E-state index in [0.29, 0.717) is 0 Å². The fraction of sp³-hybridized carbons (Fsp3) is 0.125. The van der Waals surface area contributed by atoms with Crippen molar-refractivity contribution in [3.63, 3.8) is 0 Å². The van der Waals surface area contributed by atoms with Gasteiger partial charge in [0, 0.05) is 11.1 Å². The van der Waals surface area contributed by atoms with Gasteiger partial charge in [-0.15, -0.1) is 0 Å². The zero-order chi connectivity index (χ0) is 7.02. The molecule has 10 heavy (non-hydrogen) atoms. The van der Waals surface area contributed by atoms with E-state index in [9.17, 15) is 0 Å². The van der Waals surface area contributed by atoms with Crippen LogP contribution in [0, 0.1) is 0 Å². The molecule has 1 fully saturated rings. The summed E-state index contributed by atoms with van der Waals surface area (Å²) in [6.45, 7) is 15.9. The normalized spacial score (nSPS) is 17.6. The summed E-state index contributed by atoms with van der Waals surface area (Å²) < 4.78 is 1.80. The monoisotopic (exact) mass is 247 g/mol. The van der Waals surface area contributed by atoms with Crippen LogP contribution in [0.5, 0.6) is 0 Å². The standard InChI is InChI=1S/C8H10N.HI/c1-6-5-9(4)8(3)7(6)2;/h1-5H2;1H/q+1;/p-1. The molecule has 1 saturated heterocycles. The SMILES string of the molecule is C=C1C[N+](=C)C(=C)C1=C.[I-]. The molecular weight excluding hydrogens is 237 g/mol. The van der Waals surface area contributed by atoms with E-state index >= 15 is 0 Å². The summed E-state index contributed by atoms with van der Waals surface area (Å²) in [7, 11) is 0. The third-order valence-electron chi connectivity index (χ3n) is 1.54. The molecule has 1 aliphatic heterocycles. The smallest absolute Gasteiger partial charge is 0.204 e. The number of hydrogen-bond acceptors (Lipinski definition) is 0. The van der Waals surface area contributed by atoms with Crippen molar-refractivity contribution in [3.05, 3.63) is 36.6 Å². The maximum atomic E-state index is 3.79. The van der Waals surface area contributed by atoms with E-state index in [1.807, 2.05) is 0 Å². The fourth-order valence-corrected chi connectivity index (χ4v) is 0.816. The molecule has 0 aromatic carbocycles. The first kappa shape index (κ1) is 9.62. The van der Waals surface area contributed by atoms with Crippen molar-refractivity contribution in [3.8, 4) is 0 Å². The number of hydrogen-bond donors (Lipinski definition) is 0. The van der Waals surface area contributed by atoms with Crippen molar-refractivity contribution in [1.29, 1.82) is 0 Å². The summed E-state index contributed by atoms with van der Waals surface area (Å²) in [6.07, 6.45) is 0. The van der Waals surface area contributed by atoms with Gasteiger partial charge in [-0.1, -0.05) is 13.2 Å². The van der Waals surface area contributed by atoms with Crippen LogP contribution >= 0.6 is 0 Å². The molecule has 2 heteroatoms. The third kappa shape index (κ3) is 1.37. The number of nitrogens with zero attached hydrogens (tertiary/aromatic N) is 1. The van der Waals surface area contributed by atoms with Gasteiger partial charge < -0.3 is 24.0 Å². The van der Waals surface area contributed by atoms with Crippen molar-refractivity contribution in [2.45, 2.75) is 0 Å². The molecule has 1 heterocycles. The Hall–Kier alpha value is -0.380. The minimum atomic E-state index is 0. The molecule has 1 nitrogen and oxygen atoms in total. The van der Waals surface area contributed by atoms with E-state index in [4.69, 9.17) is 0 Å². The van der Waals surface area contributed by atoms with E-state index in [0.717, 1.165) is 23.4 Å². The Balaban J connectivity index is 0.000000810. The first-order valence-corrected chi connectivity index (χ1v) is 2.77. The second-order valence-electron chi connectivity index (χ2n) is 2.23. The highest BCUT2D eigenvalue weighted by atomic mass is 127. The predicted octanol–water partition coefficient (Wildman–Crippen LogP) is -1.66. The van der Waals surface area contributed by atoms with Crippen LogP contribution in [-0.2, 0) is 0 Å². The second-order valence-corrected chi connectivity index (χ2v) is 2.23. The number of rotatable bonds is 0. The van der Waals surface area contributed by atoms with Gasteiger partial charge in [0.05, 0.1) is 0 Å². The van der Waals surface area contributed by atoms with Crippen LogP contribution < -0.4 is 24.0 Å². The van der Waals surface area contributed by atoms with Gasteiger partial charge in [0.15, 0.2) is 6.54 Å². The molecule has 0 saturated carbocycles. The van der Waals surface area contributed by atoms with Crippen molar-refractivity contribution >= 4 is 6.72 Å². The highest BCUT2D eigenvalue weighted by Crippen LogP contribution is 2.22. The van der Waals surface area contributed by atoms with Gasteiger partial charge in [-0.25, -0.2) is 4.58 Å². The zero-order valence-electron chi connectivity index (χ0n) is 5.86. The van der Waals surface area contributed by atoms with Gasteiger partial charge in [0.2, 0.25) is 5.70 Å². The van der Waals surface area contributed by atoms with Crippen LogP contribution in [0.2, 0.25) is 0 Å². The molecule has 0 aromatic rings. The summed E-state index contributed by atoms with van der Waals surface area (Å²) in [5.41, 5.74) is 2.85. The van der Waals surface area contributed by atoms with Gasteiger partial charge in [-0.3, -0.25) is 0 Å². The quantitative estimate of drug-likeness (QED) is 0.356. The van der Waals surface area contributed by atoms with Gasteiger partial charge in [0.1, 0.15) is 6.72 Å². The number of halogens is 1. The van der Waals surface area contributed by atoms with Gasteiger partial charge in [-0.2, -0.15) is 0 Å². The fourth-order valence-electron chi connectivity index (χ4n) is 0.816. The van der Waals surface area contributed by atoms with Gasteiger partial charge >= 0.3 is 0 Å². The lowest BCUT2D eigenvalue weighted by Crippen LogP contribution is -3.00. The summed E-state index contributed by atoms with van der Waals surface area (Å²) in [4.78, 5) is 0. The lowest BCUT2D eigenvalue weighted by molar-refractivity contribution is -0.442. The van der Waals surface area contributed by atoms with E-state index < -0.39 is 0 Å². The molecule has 1 rings (SSSR count). The lowest BCUT2D eigenvalue weighted by Gasteiger charge is -1.84. The zero-order valence-corrected chi connectivity index (χ0v) is 8.02. The Bertz CT molecular complexity index is 201. The maximum absolute atomic E-state index is 3.79. The summed E-state index contributed by atoms with van der Waals surface area (Å²) in [5, 5.41) is 0. The Morgan fingerprint density at radius 2 is 1.70 bits per heavy atom. The molecule has 0 aliphatic carbocycles. The molecule has 0 N–H and O–H groups in total. The van der Waals surface area contributed by atoms with Crippen LogP contribution in [0.1, 0.15) is 0 Å². The summed E-state index contributed by atoms with van der Waals surface area (Å²) in [5.74, 6) is 0. The van der Waals surface area contributed by atoms with Crippen molar-refractivity contribution in [2.24, 2.45) is 0 Å². The van der Waals surface area contributed by atoms with Crippen molar-refractivity contribution < 1.29 is 28.6 Å². The Morgan fingerprint density at radius 1 is 1.20 bits per heavy atom. The lowest BCUT2D eigenvalue weighted by atomic mass is 10.2. The van der Waals surface area contributed by atoms with Crippen LogP contribution in [0.3, 0.4) is 0 Å². The van der Waals surface area contributed by atoms with Gasteiger partial charge in [0.25, 0.3) is 0 Å². The molecule has 1 aliphatic rings. The van der Waals surface area contributed by atoms with Gasteiger partial charge in [-0.05, 0) is 6.58 Å². The third-order valence-corrected chi connectivity index (χ3v) is 1.54. The first-order chi connectivity index (χ1) is 4.13. The molecule has 0 unspecified atom stereocenters. The van der Waals surface area contributed by atoms with Crippen LogP contribution in [0.15, 0.2) is 36.6 Å². The molecule has 0 spiro atoms. The maximum Gasteiger partial charge on any atom is 0.204 e. The minimum Gasteiger partial charge on any atom is -1.00 e. The van der Waals surface area contributed by atoms with Crippen LogP contribution in [0.25, 0.3) is 0 Å². The first-order valence-electron chi connectivity index (χ1n) is 2.77. The Morgan fingerprint density at radius 3 is 1.80 bits per heavy atom. The average Bonchev–Trinajstić information content (AvgIpc) is 1.98. The Labute approximate surface area is 78.5 Å². The van der Waals surface area contributed by atoms with E-state index in [1.165, 1.54) is 0 Å². The minimum absolute atomic E-state index is 0. The molecule has 0 bridgehead atoms. The summed E-state index contributed by atoms with van der Waals surface area (Å²) in [6, 6.07) is 0. The second kappa shape index (κ2) is 3.14. The molecule has 0 amide bonds. The predicted molar refractivity (Wildman–Crippen MR) is 39.7 cm³/mol. The topological polar surface area (TPSA) is 3.01 Å². The highest BCUT2D eigenvalue weighted by Gasteiger charge is 2.24. The van der Waals surface area contributed by atoms with Crippen molar-refractivity contribution in [2.75, 3.05) is 6.54 Å². The molecular formula is C8H10IN. The van der Waals surface area contributed by atoms with Crippen LogP contribution in [-0.4, -0.2) is 17.8 Å². The van der Waals surface area contributed by atoms with E-state index in [1.54, 1.807) is 4.58 Å². The van der Waals surface area contributed by atoms with E-state index in [2.05, 4.69) is 26.5 Å². The van der Waals surface area contributed by atoms with E-state index in [-0.39, 0.29) is 24.0 Å². The number of allylic oxidation sites excluding steroid dienone is 1. The molecule has 54 valence electrons. The highest BCUT2D eigenvalue weighted by molar-refractivity contribution is 5.44. The molecule has 0 radical (unpaired) electrons.